The van der Waals surface area contributed by atoms with Gasteiger partial charge in [-0.15, -0.1) is 35.3 Å². The number of thiol groups is 1. The molecule has 11 heavy (non-hydrogen) atoms. The lowest BCUT2D eigenvalue weighted by atomic mass is 10.9. The van der Waals surface area contributed by atoms with Gasteiger partial charge >= 0.3 is 0 Å². The van der Waals surface area contributed by atoms with Crippen LogP contribution in [0.3, 0.4) is 0 Å². The van der Waals surface area contributed by atoms with Crippen LogP contribution in [0.4, 0.5) is 0 Å². The average Bonchev–Trinajstić information content (AvgIpc) is 2.06. The van der Waals surface area contributed by atoms with Crippen molar-refractivity contribution in [1.82, 2.24) is 0 Å². The first-order valence-corrected chi connectivity index (χ1v) is 8.25. The van der Waals surface area contributed by atoms with Gasteiger partial charge in [-0.25, -0.2) is 0 Å². The van der Waals surface area contributed by atoms with Gasteiger partial charge in [0, 0.05) is 11.5 Å². The van der Waals surface area contributed by atoms with E-state index in [1.807, 2.05) is 47.0 Å². The molecule has 0 aliphatic carbocycles. The Hall–Kier alpha value is 1.75. The molecule has 0 saturated carbocycles. The highest BCUT2D eigenvalue weighted by Gasteiger charge is 2.31. The zero-order valence-electron chi connectivity index (χ0n) is 6.57. The van der Waals surface area contributed by atoms with Crippen LogP contribution in [-0.2, 0) is 0 Å². The van der Waals surface area contributed by atoms with Crippen molar-refractivity contribution >= 4 is 59.7 Å². The molecule has 1 heterocycles. The van der Waals surface area contributed by atoms with E-state index in [-0.39, 0.29) is 3.41 Å². The van der Waals surface area contributed by atoms with Crippen LogP contribution in [0.2, 0.25) is 0 Å². The molecule has 0 nitrogen and oxygen atoms in total. The number of rotatable bonds is 2. The Bertz CT molecular complexity index is 118. The van der Waals surface area contributed by atoms with Crippen LogP contribution < -0.4 is 0 Å². The standard InChI is InChI=1S/C6H12S5/c1-8-5-3-11-6(7,9-2)4-10-5/h5,7H,3-4H2,1-2H3. The predicted molar refractivity (Wildman–Crippen MR) is 67.5 cm³/mol. The summed E-state index contributed by atoms with van der Waals surface area (Å²) in [7, 11) is 0. The smallest absolute Gasteiger partial charge is 0.113 e. The minimum absolute atomic E-state index is 0.177. The minimum atomic E-state index is 0.177. The molecule has 0 aromatic rings. The van der Waals surface area contributed by atoms with E-state index in [2.05, 4.69) is 25.1 Å². The van der Waals surface area contributed by atoms with E-state index < -0.39 is 0 Å². The fraction of sp³-hybridized carbons (Fsp3) is 1.00. The van der Waals surface area contributed by atoms with E-state index >= 15 is 0 Å². The van der Waals surface area contributed by atoms with Crippen LogP contribution >= 0.6 is 59.7 Å². The molecule has 0 spiro atoms. The molecule has 66 valence electrons. The third-order valence-electron chi connectivity index (χ3n) is 1.48. The maximum Gasteiger partial charge on any atom is 0.113 e. The van der Waals surface area contributed by atoms with Gasteiger partial charge in [0.05, 0.1) is 4.58 Å². The Balaban J connectivity index is 2.35. The molecule has 0 aromatic carbocycles. The SMILES string of the molecule is CSC1CSC(S)(SC)CS1. The maximum absolute atomic E-state index is 4.63. The molecule has 1 aliphatic heterocycles. The van der Waals surface area contributed by atoms with Crippen LogP contribution in [0, 0.1) is 0 Å². The van der Waals surface area contributed by atoms with Gasteiger partial charge in [0.25, 0.3) is 0 Å². The molecule has 0 radical (unpaired) electrons. The summed E-state index contributed by atoms with van der Waals surface area (Å²) in [5, 5.41) is 0. The molecule has 0 bridgehead atoms. The summed E-state index contributed by atoms with van der Waals surface area (Å²) in [6.45, 7) is 0. The largest absolute Gasteiger partial charge is 0.150 e. The van der Waals surface area contributed by atoms with Gasteiger partial charge in [-0.2, -0.15) is 24.4 Å². The number of thioether (sulfide) groups is 4. The number of hydrogen-bond acceptors (Lipinski definition) is 5. The molecule has 1 aliphatic rings. The summed E-state index contributed by atoms with van der Waals surface area (Å²) in [5.74, 6) is 2.39. The minimum Gasteiger partial charge on any atom is -0.150 e. The molecular formula is C6H12S5. The molecule has 0 aromatic heterocycles. The maximum atomic E-state index is 4.63. The van der Waals surface area contributed by atoms with Crippen molar-refractivity contribution in [3.8, 4) is 0 Å². The second-order valence-corrected chi connectivity index (χ2v) is 8.79. The van der Waals surface area contributed by atoms with E-state index in [0.29, 0.717) is 0 Å². The molecule has 1 rings (SSSR count). The van der Waals surface area contributed by atoms with Crippen molar-refractivity contribution in [3.63, 3.8) is 0 Å². The Labute approximate surface area is 91.2 Å². The summed E-state index contributed by atoms with van der Waals surface area (Å²) < 4.78 is 0.962. The predicted octanol–water partition coefficient (Wildman–Crippen LogP) is 3.10. The Kier molecular flexibility index (Phi) is 4.76. The number of hydrogen-bond donors (Lipinski definition) is 1. The first-order chi connectivity index (χ1) is 5.20. The summed E-state index contributed by atoms with van der Waals surface area (Å²) in [4.78, 5) is 0. The third-order valence-corrected chi connectivity index (χ3v) is 9.12. The highest BCUT2D eigenvalue weighted by atomic mass is 32.3. The molecule has 2 unspecified atom stereocenters. The van der Waals surface area contributed by atoms with Crippen molar-refractivity contribution in [2.24, 2.45) is 0 Å². The molecular weight excluding hydrogens is 232 g/mol. The van der Waals surface area contributed by atoms with Gasteiger partial charge in [0.15, 0.2) is 0 Å². The Morgan fingerprint density at radius 1 is 1.55 bits per heavy atom. The summed E-state index contributed by atoms with van der Waals surface area (Å²) in [5.41, 5.74) is 0. The normalized spacial score (nSPS) is 39.0. The van der Waals surface area contributed by atoms with E-state index in [1.54, 1.807) is 0 Å². The van der Waals surface area contributed by atoms with Crippen molar-refractivity contribution < 1.29 is 0 Å². The second kappa shape index (κ2) is 4.84. The summed E-state index contributed by atoms with van der Waals surface area (Å²) >= 11 is 12.5. The molecule has 0 amide bonds. The third kappa shape index (κ3) is 3.18. The quantitative estimate of drug-likeness (QED) is 0.585. The lowest BCUT2D eigenvalue weighted by Crippen LogP contribution is -2.24. The lowest BCUT2D eigenvalue weighted by molar-refractivity contribution is 1.28. The Morgan fingerprint density at radius 3 is 2.64 bits per heavy atom. The first-order valence-electron chi connectivity index (χ1n) is 3.26. The van der Waals surface area contributed by atoms with Crippen molar-refractivity contribution in [1.29, 1.82) is 0 Å². The summed E-state index contributed by atoms with van der Waals surface area (Å²) in [6.07, 6.45) is 4.32. The van der Waals surface area contributed by atoms with Gasteiger partial charge in [0.2, 0.25) is 0 Å². The van der Waals surface area contributed by atoms with Crippen molar-refractivity contribution in [2.75, 3.05) is 24.0 Å². The molecule has 2 atom stereocenters. The zero-order chi connectivity index (χ0) is 8.32. The monoisotopic (exact) mass is 244 g/mol. The topological polar surface area (TPSA) is 0 Å². The van der Waals surface area contributed by atoms with Crippen LogP contribution in [0.5, 0.6) is 0 Å². The van der Waals surface area contributed by atoms with Gasteiger partial charge in [-0.3, -0.25) is 0 Å². The van der Waals surface area contributed by atoms with E-state index in [9.17, 15) is 0 Å². The first kappa shape index (κ1) is 10.8. The van der Waals surface area contributed by atoms with Crippen LogP contribution in [0.1, 0.15) is 0 Å². The van der Waals surface area contributed by atoms with Crippen LogP contribution in [0.15, 0.2) is 0 Å². The van der Waals surface area contributed by atoms with E-state index in [1.165, 1.54) is 5.75 Å². The van der Waals surface area contributed by atoms with Crippen LogP contribution in [-0.4, -0.2) is 32.0 Å². The summed E-state index contributed by atoms with van der Waals surface area (Å²) in [6, 6.07) is 0. The van der Waals surface area contributed by atoms with Gasteiger partial charge in [-0.1, -0.05) is 0 Å². The van der Waals surface area contributed by atoms with E-state index in [4.69, 9.17) is 0 Å². The van der Waals surface area contributed by atoms with Gasteiger partial charge in [-0.05, 0) is 12.5 Å². The molecule has 1 fully saturated rings. The van der Waals surface area contributed by atoms with E-state index in [0.717, 1.165) is 10.3 Å². The van der Waals surface area contributed by atoms with Crippen molar-refractivity contribution in [2.45, 2.75) is 7.99 Å². The van der Waals surface area contributed by atoms with Gasteiger partial charge < -0.3 is 0 Å². The highest BCUT2D eigenvalue weighted by molar-refractivity contribution is 8.32. The molecule has 0 N–H and O–H groups in total. The molecule has 1 saturated heterocycles. The molecule has 5 heteroatoms. The lowest BCUT2D eigenvalue weighted by Gasteiger charge is -2.33. The Morgan fingerprint density at radius 2 is 2.27 bits per heavy atom. The van der Waals surface area contributed by atoms with Gasteiger partial charge in [0.1, 0.15) is 3.41 Å². The highest BCUT2D eigenvalue weighted by Crippen LogP contribution is 2.49. The fourth-order valence-electron chi connectivity index (χ4n) is 0.740. The zero-order valence-corrected chi connectivity index (χ0v) is 10.7. The average molecular weight is 244 g/mol. The van der Waals surface area contributed by atoms with Crippen molar-refractivity contribution in [3.05, 3.63) is 0 Å². The fourth-order valence-corrected chi connectivity index (χ4v) is 5.95. The van der Waals surface area contributed by atoms with Crippen LogP contribution in [0.25, 0.3) is 0 Å². The second-order valence-electron chi connectivity index (χ2n) is 2.20.